The summed E-state index contributed by atoms with van der Waals surface area (Å²) in [5, 5.41) is 4.65. The molecule has 0 atom stereocenters. The second-order valence-corrected chi connectivity index (χ2v) is 7.73. The van der Waals surface area contributed by atoms with Crippen molar-refractivity contribution < 1.29 is 14.1 Å². The average Bonchev–Trinajstić information content (AvgIpc) is 3.28. The van der Waals surface area contributed by atoms with Crippen molar-refractivity contribution >= 4 is 23.3 Å². The van der Waals surface area contributed by atoms with E-state index in [9.17, 15) is 4.79 Å². The van der Waals surface area contributed by atoms with Crippen LogP contribution < -0.4 is 9.64 Å². The van der Waals surface area contributed by atoms with Gasteiger partial charge in [0.15, 0.2) is 0 Å². The summed E-state index contributed by atoms with van der Waals surface area (Å²) in [6.45, 7) is 2.89. The van der Waals surface area contributed by atoms with Gasteiger partial charge in [0.2, 0.25) is 17.6 Å². The molecule has 1 saturated heterocycles. The van der Waals surface area contributed by atoms with Gasteiger partial charge in [-0.15, -0.1) is 0 Å². The zero-order valence-corrected chi connectivity index (χ0v) is 18.1. The summed E-state index contributed by atoms with van der Waals surface area (Å²) in [6, 6.07) is 11.2. The second-order valence-electron chi connectivity index (χ2n) is 7.30. The lowest BCUT2D eigenvalue weighted by molar-refractivity contribution is -0.131. The molecular formula is C22H24ClN5O3. The monoisotopic (exact) mass is 441 g/mol. The molecule has 0 spiro atoms. The van der Waals surface area contributed by atoms with Gasteiger partial charge in [-0.2, -0.15) is 4.98 Å². The first-order chi connectivity index (χ1) is 15.1. The molecule has 9 heteroatoms. The Morgan fingerprint density at radius 3 is 2.58 bits per heavy atom. The van der Waals surface area contributed by atoms with E-state index < -0.39 is 0 Å². The Morgan fingerprint density at radius 1 is 1.13 bits per heavy atom. The number of nitrogens with zero attached hydrogens (tertiary/aromatic N) is 5. The van der Waals surface area contributed by atoms with E-state index in [1.54, 1.807) is 13.3 Å². The molecule has 162 valence electrons. The van der Waals surface area contributed by atoms with Gasteiger partial charge in [-0.25, -0.2) is 4.98 Å². The Kier molecular flexibility index (Phi) is 6.66. The van der Waals surface area contributed by atoms with Crippen LogP contribution in [0.3, 0.4) is 0 Å². The van der Waals surface area contributed by atoms with Crippen LogP contribution in [0.2, 0.25) is 5.02 Å². The molecule has 2 aromatic heterocycles. The maximum atomic E-state index is 12.6. The Bertz CT molecular complexity index is 999. The Hall–Kier alpha value is -3.13. The maximum absolute atomic E-state index is 12.6. The van der Waals surface area contributed by atoms with Gasteiger partial charge in [0.1, 0.15) is 11.6 Å². The zero-order chi connectivity index (χ0) is 21.6. The minimum atomic E-state index is 0.151. The summed E-state index contributed by atoms with van der Waals surface area (Å²) in [5.41, 5.74) is 0.861. The van der Waals surface area contributed by atoms with E-state index in [0.717, 1.165) is 30.2 Å². The van der Waals surface area contributed by atoms with E-state index in [2.05, 4.69) is 20.0 Å². The predicted octanol–water partition coefficient (Wildman–Crippen LogP) is 3.47. The minimum absolute atomic E-state index is 0.151. The highest BCUT2D eigenvalue weighted by molar-refractivity contribution is 6.30. The Balaban J connectivity index is 1.22. The molecule has 31 heavy (non-hydrogen) atoms. The molecule has 1 aromatic carbocycles. The topological polar surface area (TPSA) is 84.6 Å². The lowest BCUT2D eigenvalue weighted by Gasteiger charge is -2.35. The van der Waals surface area contributed by atoms with E-state index in [1.807, 2.05) is 41.3 Å². The van der Waals surface area contributed by atoms with E-state index in [4.69, 9.17) is 20.9 Å². The van der Waals surface area contributed by atoms with Crippen LogP contribution in [0.1, 0.15) is 18.7 Å². The Morgan fingerprint density at radius 2 is 1.90 bits per heavy atom. The number of rotatable bonds is 7. The number of methoxy groups -OCH3 is 1. The Labute approximate surface area is 185 Å². The van der Waals surface area contributed by atoms with Crippen LogP contribution in [0.5, 0.6) is 5.75 Å². The lowest BCUT2D eigenvalue weighted by atomic mass is 10.2. The summed E-state index contributed by atoms with van der Waals surface area (Å²) >= 11 is 5.90. The standard InChI is InChI=1S/C22H24ClN5O3/c1-30-18-8-5-16(6-9-18)22-25-20(31-26-22)3-2-4-21(29)28-13-11-27(12-14-28)19-10-7-17(23)15-24-19/h5-10,15H,2-4,11-14H2,1H3. The number of hydrogen-bond acceptors (Lipinski definition) is 7. The molecule has 0 aliphatic carbocycles. The number of carbonyl (C=O) groups excluding carboxylic acids is 1. The van der Waals surface area contributed by atoms with Gasteiger partial charge in [0.05, 0.1) is 12.1 Å². The fourth-order valence-corrected chi connectivity index (χ4v) is 3.61. The van der Waals surface area contributed by atoms with Crippen molar-refractivity contribution in [3.8, 4) is 17.1 Å². The number of hydrogen-bond donors (Lipinski definition) is 0. The molecule has 0 bridgehead atoms. The summed E-state index contributed by atoms with van der Waals surface area (Å²) in [7, 11) is 1.62. The van der Waals surface area contributed by atoms with Gasteiger partial charge in [0, 0.05) is 50.8 Å². The minimum Gasteiger partial charge on any atom is -0.497 e. The molecule has 0 saturated carbocycles. The SMILES string of the molecule is COc1ccc(-c2noc(CCCC(=O)N3CCN(c4ccc(Cl)cn4)CC3)n2)cc1. The number of piperazine rings is 1. The third kappa shape index (κ3) is 5.32. The third-order valence-electron chi connectivity index (χ3n) is 5.27. The molecular weight excluding hydrogens is 418 g/mol. The van der Waals surface area contributed by atoms with Crippen LogP contribution in [0.4, 0.5) is 5.82 Å². The van der Waals surface area contributed by atoms with E-state index in [0.29, 0.717) is 49.1 Å². The van der Waals surface area contributed by atoms with Gasteiger partial charge in [0.25, 0.3) is 0 Å². The molecule has 3 heterocycles. The van der Waals surface area contributed by atoms with E-state index in [-0.39, 0.29) is 5.91 Å². The number of carbonyl (C=O) groups is 1. The fourth-order valence-electron chi connectivity index (χ4n) is 3.50. The summed E-state index contributed by atoms with van der Waals surface area (Å²) in [6.07, 6.45) is 3.34. The van der Waals surface area contributed by atoms with Crippen molar-refractivity contribution in [3.63, 3.8) is 0 Å². The lowest BCUT2D eigenvalue weighted by Crippen LogP contribution is -2.49. The number of amides is 1. The van der Waals surface area contributed by atoms with Crippen molar-refractivity contribution in [2.75, 3.05) is 38.2 Å². The van der Waals surface area contributed by atoms with Crippen molar-refractivity contribution in [1.82, 2.24) is 20.0 Å². The highest BCUT2D eigenvalue weighted by atomic mass is 35.5. The van der Waals surface area contributed by atoms with E-state index >= 15 is 0 Å². The number of pyridine rings is 1. The third-order valence-corrected chi connectivity index (χ3v) is 5.49. The average molecular weight is 442 g/mol. The van der Waals surface area contributed by atoms with Crippen molar-refractivity contribution in [1.29, 1.82) is 0 Å². The van der Waals surface area contributed by atoms with Crippen LogP contribution in [-0.2, 0) is 11.2 Å². The van der Waals surface area contributed by atoms with Crippen LogP contribution in [-0.4, -0.2) is 59.2 Å². The smallest absolute Gasteiger partial charge is 0.226 e. The highest BCUT2D eigenvalue weighted by Gasteiger charge is 2.21. The molecule has 1 aliphatic heterocycles. The molecule has 1 fully saturated rings. The number of benzene rings is 1. The zero-order valence-electron chi connectivity index (χ0n) is 17.3. The largest absolute Gasteiger partial charge is 0.497 e. The number of ether oxygens (including phenoxy) is 1. The van der Waals surface area contributed by atoms with E-state index in [1.165, 1.54) is 0 Å². The van der Waals surface area contributed by atoms with Crippen LogP contribution >= 0.6 is 11.6 Å². The molecule has 8 nitrogen and oxygen atoms in total. The first kappa shape index (κ1) is 21.1. The first-order valence-corrected chi connectivity index (χ1v) is 10.6. The van der Waals surface area contributed by atoms with Crippen molar-refractivity contribution in [3.05, 3.63) is 53.5 Å². The number of halogens is 1. The fraction of sp³-hybridized carbons (Fsp3) is 0.364. The number of anilines is 1. The normalized spacial score (nSPS) is 14.0. The summed E-state index contributed by atoms with van der Waals surface area (Å²) in [4.78, 5) is 25.4. The van der Waals surface area contributed by atoms with Crippen molar-refractivity contribution in [2.24, 2.45) is 0 Å². The van der Waals surface area contributed by atoms with Gasteiger partial charge in [-0.3, -0.25) is 4.79 Å². The molecule has 0 radical (unpaired) electrons. The molecule has 4 rings (SSSR count). The molecule has 0 N–H and O–H groups in total. The quantitative estimate of drug-likeness (QED) is 0.555. The molecule has 1 amide bonds. The molecule has 1 aliphatic rings. The van der Waals surface area contributed by atoms with Crippen molar-refractivity contribution in [2.45, 2.75) is 19.3 Å². The van der Waals surface area contributed by atoms with Gasteiger partial charge in [-0.1, -0.05) is 16.8 Å². The van der Waals surface area contributed by atoms with Crippen LogP contribution in [0.25, 0.3) is 11.4 Å². The van der Waals surface area contributed by atoms with Gasteiger partial charge >= 0.3 is 0 Å². The molecule has 3 aromatic rings. The second kappa shape index (κ2) is 9.78. The summed E-state index contributed by atoms with van der Waals surface area (Å²) < 4.78 is 10.5. The van der Waals surface area contributed by atoms with Gasteiger partial charge < -0.3 is 19.1 Å². The summed E-state index contributed by atoms with van der Waals surface area (Å²) in [5.74, 6) is 2.89. The van der Waals surface area contributed by atoms with Crippen LogP contribution in [0.15, 0.2) is 47.1 Å². The van der Waals surface area contributed by atoms with Crippen LogP contribution in [0, 0.1) is 0 Å². The number of aromatic nitrogens is 3. The van der Waals surface area contributed by atoms with Gasteiger partial charge in [-0.05, 0) is 42.8 Å². The first-order valence-electron chi connectivity index (χ1n) is 10.2. The molecule has 0 unspecified atom stereocenters. The number of aryl methyl sites for hydroxylation is 1. The predicted molar refractivity (Wildman–Crippen MR) is 117 cm³/mol. The highest BCUT2D eigenvalue weighted by Crippen LogP contribution is 2.20. The maximum Gasteiger partial charge on any atom is 0.226 e.